The zero-order valence-electron chi connectivity index (χ0n) is 21.9. The Labute approximate surface area is 218 Å². The summed E-state index contributed by atoms with van der Waals surface area (Å²) < 4.78 is 22.4. The average molecular weight is 506 g/mol. The summed E-state index contributed by atoms with van der Waals surface area (Å²) in [4.78, 5) is 24.4. The number of hydrogen-bond donors (Lipinski definition) is 1. The summed E-state index contributed by atoms with van der Waals surface area (Å²) in [7, 11) is 1.32. The molecule has 0 unspecified atom stereocenters. The number of ether oxygens (including phenoxy) is 4. The zero-order valence-corrected chi connectivity index (χ0v) is 21.9. The van der Waals surface area contributed by atoms with Crippen molar-refractivity contribution in [2.45, 2.75) is 58.5 Å². The fraction of sp³-hybridized carbons (Fsp3) is 0.333. The van der Waals surface area contributed by atoms with Gasteiger partial charge in [0.05, 0.1) is 13.5 Å². The summed E-state index contributed by atoms with van der Waals surface area (Å²) in [5.74, 6) is 0.754. The summed E-state index contributed by atoms with van der Waals surface area (Å²) >= 11 is 0. The van der Waals surface area contributed by atoms with Gasteiger partial charge >= 0.3 is 12.1 Å². The molecule has 196 valence electrons. The Balaban J connectivity index is 1.79. The third-order valence-corrected chi connectivity index (χ3v) is 5.33. The highest BCUT2D eigenvalue weighted by atomic mass is 16.6. The molecule has 0 saturated heterocycles. The maximum atomic E-state index is 12.4. The number of carbonyl (C=O) groups is 2. The molecule has 37 heavy (non-hydrogen) atoms. The molecule has 0 aromatic heterocycles. The van der Waals surface area contributed by atoms with Gasteiger partial charge in [-0.3, -0.25) is 4.79 Å². The highest BCUT2D eigenvalue weighted by Crippen LogP contribution is 2.31. The van der Waals surface area contributed by atoms with E-state index >= 15 is 0 Å². The lowest BCUT2D eigenvalue weighted by atomic mass is 10.0. The summed E-state index contributed by atoms with van der Waals surface area (Å²) in [5.41, 5.74) is 2.27. The van der Waals surface area contributed by atoms with E-state index in [2.05, 4.69) is 5.32 Å². The quantitative estimate of drug-likeness (QED) is 0.330. The highest BCUT2D eigenvalue weighted by Gasteiger charge is 2.22. The van der Waals surface area contributed by atoms with Crippen LogP contribution in [0.3, 0.4) is 0 Å². The molecule has 3 aromatic rings. The van der Waals surface area contributed by atoms with E-state index in [4.69, 9.17) is 18.9 Å². The van der Waals surface area contributed by atoms with Crippen LogP contribution in [0.15, 0.2) is 78.9 Å². The van der Waals surface area contributed by atoms with Crippen LogP contribution in [-0.2, 0) is 33.9 Å². The number of esters is 1. The lowest BCUT2D eigenvalue weighted by Gasteiger charge is -2.23. The fourth-order valence-corrected chi connectivity index (χ4v) is 3.60. The van der Waals surface area contributed by atoms with Crippen molar-refractivity contribution in [1.82, 2.24) is 5.32 Å². The lowest BCUT2D eigenvalue weighted by Crippen LogP contribution is -2.41. The van der Waals surface area contributed by atoms with Gasteiger partial charge < -0.3 is 24.3 Å². The topological polar surface area (TPSA) is 83.1 Å². The van der Waals surface area contributed by atoms with E-state index in [0.717, 1.165) is 16.7 Å². The second-order valence-corrected chi connectivity index (χ2v) is 9.66. The van der Waals surface area contributed by atoms with Crippen molar-refractivity contribution in [3.63, 3.8) is 0 Å². The predicted octanol–water partition coefficient (Wildman–Crippen LogP) is 5.84. The van der Waals surface area contributed by atoms with E-state index in [1.807, 2.05) is 78.9 Å². The first-order chi connectivity index (χ1) is 17.7. The Morgan fingerprint density at radius 2 is 1.35 bits per heavy atom. The fourth-order valence-electron chi connectivity index (χ4n) is 3.60. The molecule has 0 aliphatic heterocycles. The molecule has 3 rings (SSSR count). The van der Waals surface area contributed by atoms with E-state index in [-0.39, 0.29) is 6.42 Å². The molecule has 0 heterocycles. The lowest BCUT2D eigenvalue weighted by molar-refractivity contribution is -0.141. The first-order valence-corrected chi connectivity index (χ1v) is 12.2. The van der Waals surface area contributed by atoms with E-state index < -0.39 is 23.7 Å². The number of nitrogens with one attached hydrogen (secondary N) is 1. The molecule has 0 aliphatic rings. The van der Waals surface area contributed by atoms with Crippen molar-refractivity contribution in [1.29, 1.82) is 0 Å². The van der Waals surface area contributed by atoms with Crippen LogP contribution >= 0.6 is 0 Å². The van der Waals surface area contributed by atoms with Crippen LogP contribution in [0.1, 0.15) is 43.9 Å². The minimum Gasteiger partial charge on any atom is -0.485 e. The number of carbonyl (C=O) groups excluding carboxylic acids is 2. The van der Waals surface area contributed by atoms with Gasteiger partial charge in [0.2, 0.25) is 0 Å². The van der Waals surface area contributed by atoms with E-state index in [1.165, 1.54) is 7.11 Å². The molecule has 0 saturated carbocycles. The first-order valence-electron chi connectivity index (χ1n) is 12.2. The third-order valence-electron chi connectivity index (χ3n) is 5.33. The SMILES string of the molecule is COC(=O)C[C@H](Cc1ccc(OCc2ccccc2)c(OCc2ccccc2)c1)NC(=O)OC(C)(C)C. The molecule has 1 atom stereocenters. The van der Waals surface area contributed by atoms with E-state index in [9.17, 15) is 9.59 Å². The van der Waals surface area contributed by atoms with Crippen LogP contribution in [0.5, 0.6) is 11.5 Å². The van der Waals surface area contributed by atoms with Crippen molar-refractivity contribution >= 4 is 12.1 Å². The van der Waals surface area contributed by atoms with Gasteiger partial charge in [-0.2, -0.15) is 0 Å². The van der Waals surface area contributed by atoms with Gasteiger partial charge in [-0.1, -0.05) is 66.7 Å². The van der Waals surface area contributed by atoms with Gasteiger partial charge in [0.25, 0.3) is 0 Å². The minimum atomic E-state index is -0.657. The molecule has 0 fully saturated rings. The van der Waals surface area contributed by atoms with Gasteiger partial charge in [-0.25, -0.2) is 4.79 Å². The van der Waals surface area contributed by atoms with E-state index in [0.29, 0.717) is 31.1 Å². The van der Waals surface area contributed by atoms with Gasteiger partial charge in [0.15, 0.2) is 11.5 Å². The number of hydrogen-bond acceptors (Lipinski definition) is 6. The normalized spacial score (nSPS) is 11.8. The standard InChI is InChI=1S/C30H35NO6/c1-30(2,3)37-29(33)31-25(19-28(32)34-4)17-24-15-16-26(35-20-22-11-7-5-8-12-22)27(18-24)36-21-23-13-9-6-10-14-23/h5-16,18,25H,17,19-21H2,1-4H3,(H,31,33)/t25-/m0/s1. The molecule has 1 amide bonds. The summed E-state index contributed by atoms with van der Waals surface area (Å²) in [6.07, 6.45) is -0.221. The smallest absolute Gasteiger partial charge is 0.407 e. The minimum absolute atomic E-state index is 0.00219. The van der Waals surface area contributed by atoms with Gasteiger partial charge in [-0.15, -0.1) is 0 Å². The number of methoxy groups -OCH3 is 1. The molecule has 3 aromatic carbocycles. The zero-order chi connectivity index (χ0) is 26.7. The van der Waals surface area contributed by atoms with Crippen LogP contribution in [0.25, 0.3) is 0 Å². The molecular formula is C30H35NO6. The van der Waals surface area contributed by atoms with Gasteiger partial charge in [-0.05, 0) is 56.0 Å². The van der Waals surface area contributed by atoms with Crippen molar-refractivity contribution < 1.29 is 28.5 Å². The number of amides is 1. The van der Waals surface area contributed by atoms with Crippen LogP contribution in [0, 0.1) is 0 Å². The molecule has 0 aliphatic carbocycles. The summed E-state index contributed by atoms with van der Waals surface area (Å²) in [6, 6.07) is 24.8. The molecular weight excluding hydrogens is 470 g/mol. The molecule has 1 N–H and O–H groups in total. The molecule has 0 spiro atoms. The summed E-state index contributed by atoms with van der Waals surface area (Å²) in [6.45, 7) is 6.12. The molecule has 0 bridgehead atoms. The van der Waals surface area contributed by atoms with Crippen molar-refractivity contribution in [2.75, 3.05) is 7.11 Å². The molecule has 7 nitrogen and oxygen atoms in total. The van der Waals surface area contributed by atoms with Gasteiger partial charge in [0, 0.05) is 6.04 Å². The van der Waals surface area contributed by atoms with Crippen LogP contribution in [0.4, 0.5) is 4.79 Å². The van der Waals surface area contributed by atoms with Crippen molar-refractivity contribution in [3.05, 3.63) is 95.6 Å². The van der Waals surface area contributed by atoms with Crippen LogP contribution in [0.2, 0.25) is 0 Å². The Kier molecular flexibility index (Phi) is 9.95. The van der Waals surface area contributed by atoms with Crippen LogP contribution in [-0.4, -0.2) is 30.8 Å². The maximum absolute atomic E-state index is 12.4. The first kappa shape index (κ1) is 27.6. The summed E-state index contributed by atoms with van der Waals surface area (Å²) in [5, 5.41) is 2.79. The van der Waals surface area contributed by atoms with E-state index in [1.54, 1.807) is 20.8 Å². The third kappa shape index (κ3) is 9.88. The Bertz CT molecular complexity index is 1140. The number of rotatable bonds is 11. The van der Waals surface area contributed by atoms with Gasteiger partial charge in [0.1, 0.15) is 18.8 Å². The largest absolute Gasteiger partial charge is 0.485 e. The monoisotopic (exact) mass is 505 g/mol. The number of alkyl carbamates (subject to hydrolysis) is 1. The maximum Gasteiger partial charge on any atom is 0.407 e. The highest BCUT2D eigenvalue weighted by molar-refractivity contribution is 5.73. The predicted molar refractivity (Wildman–Crippen MR) is 141 cm³/mol. The average Bonchev–Trinajstić information content (AvgIpc) is 2.86. The molecule has 7 heteroatoms. The van der Waals surface area contributed by atoms with Crippen molar-refractivity contribution in [2.24, 2.45) is 0 Å². The Hall–Kier alpha value is -4.00. The molecule has 0 radical (unpaired) electrons. The second kappa shape index (κ2) is 13.3. The Morgan fingerprint density at radius 3 is 1.89 bits per heavy atom. The Morgan fingerprint density at radius 1 is 0.784 bits per heavy atom. The second-order valence-electron chi connectivity index (χ2n) is 9.66. The number of benzene rings is 3. The van der Waals surface area contributed by atoms with Crippen LogP contribution < -0.4 is 14.8 Å². The van der Waals surface area contributed by atoms with Crippen molar-refractivity contribution in [3.8, 4) is 11.5 Å².